The Labute approximate surface area is 197 Å². The van der Waals surface area contributed by atoms with Gasteiger partial charge in [0.1, 0.15) is 28.4 Å². The molecule has 0 saturated carbocycles. The monoisotopic (exact) mass is 454 g/mol. The van der Waals surface area contributed by atoms with Crippen LogP contribution in [0.5, 0.6) is 5.75 Å². The molecule has 4 rings (SSSR count). The lowest BCUT2D eigenvalue weighted by Gasteiger charge is -2.13. The van der Waals surface area contributed by atoms with Gasteiger partial charge >= 0.3 is 0 Å². The number of hydrogen-bond donors (Lipinski definition) is 0. The van der Waals surface area contributed by atoms with E-state index in [4.69, 9.17) is 14.1 Å². The third-order valence-electron chi connectivity index (χ3n) is 5.17. The molecule has 0 amide bonds. The van der Waals surface area contributed by atoms with E-state index in [0.29, 0.717) is 23.4 Å². The van der Waals surface area contributed by atoms with Crippen molar-refractivity contribution < 1.29 is 13.9 Å². The van der Waals surface area contributed by atoms with Gasteiger partial charge < -0.3 is 9.15 Å². The van der Waals surface area contributed by atoms with E-state index in [9.17, 15) is 10.1 Å². The highest BCUT2D eigenvalue weighted by molar-refractivity contribution is 8.00. The fourth-order valence-electron chi connectivity index (χ4n) is 3.43. The number of carbonyl (C=O) groups is 1. The third-order valence-corrected chi connectivity index (χ3v) is 6.20. The van der Waals surface area contributed by atoms with Gasteiger partial charge in [-0.1, -0.05) is 54.2 Å². The third kappa shape index (κ3) is 5.51. The van der Waals surface area contributed by atoms with Crippen LogP contribution < -0.4 is 4.74 Å². The van der Waals surface area contributed by atoms with Crippen molar-refractivity contribution in [3.8, 4) is 34.2 Å². The summed E-state index contributed by atoms with van der Waals surface area (Å²) in [5.41, 5.74) is 3.83. The predicted molar refractivity (Wildman–Crippen MR) is 129 cm³/mol. The molecule has 4 aromatic rings. The van der Waals surface area contributed by atoms with Crippen LogP contribution in [0.2, 0.25) is 0 Å². The number of rotatable bonds is 9. The molecule has 0 aliphatic heterocycles. The first kappa shape index (κ1) is 22.4. The fraction of sp³-hybridized carbons (Fsp3) is 0.148. The van der Waals surface area contributed by atoms with Gasteiger partial charge in [0, 0.05) is 24.0 Å². The van der Waals surface area contributed by atoms with Crippen molar-refractivity contribution >= 4 is 17.5 Å². The Bertz CT molecular complexity index is 1260. The van der Waals surface area contributed by atoms with E-state index in [0.717, 1.165) is 33.9 Å². The number of carbonyl (C=O) groups excluding carboxylic acids is 1. The maximum atomic E-state index is 12.5. The van der Waals surface area contributed by atoms with E-state index >= 15 is 0 Å². The van der Waals surface area contributed by atoms with Crippen molar-refractivity contribution in [2.45, 2.75) is 17.9 Å². The molecular formula is C27H22N2O3S. The van der Waals surface area contributed by atoms with Crippen LogP contribution in [0.15, 0.2) is 88.5 Å². The predicted octanol–water partition coefficient (Wildman–Crippen LogP) is 6.18. The number of hydrogen-bond acceptors (Lipinski definition) is 6. The summed E-state index contributed by atoms with van der Waals surface area (Å²) < 4.78 is 10.6. The SMILES string of the molecule is COc1ccc(-c2cc(-c3ccccc3)nc(SCC(=O)CCc3ccco3)c2C#N)cc1. The van der Waals surface area contributed by atoms with Crippen LogP contribution in [-0.2, 0) is 11.2 Å². The largest absolute Gasteiger partial charge is 0.497 e. The lowest BCUT2D eigenvalue weighted by Crippen LogP contribution is -2.04. The van der Waals surface area contributed by atoms with Gasteiger partial charge in [0.05, 0.1) is 30.4 Å². The molecule has 0 atom stereocenters. The normalized spacial score (nSPS) is 10.5. The molecule has 0 N–H and O–H groups in total. The Morgan fingerprint density at radius 3 is 2.52 bits per heavy atom. The molecule has 5 nitrogen and oxygen atoms in total. The van der Waals surface area contributed by atoms with E-state index in [2.05, 4.69) is 6.07 Å². The summed E-state index contributed by atoms with van der Waals surface area (Å²) in [5.74, 6) is 1.85. The minimum absolute atomic E-state index is 0.0817. The van der Waals surface area contributed by atoms with Gasteiger partial charge in [-0.2, -0.15) is 5.26 Å². The smallest absolute Gasteiger partial charge is 0.143 e. The van der Waals surface area contributed by atoms with Crippen molar-refractivity contribution in [3.63, 3.8) is 0 Å². The van der Waals surface area contributed by atoms with E-state index in [-0.39, 0.29) is 11.5 Å². The molecule has 0 aliphatic rings. The number of thioether (sulfide) groups is 1. The maximum absolute atomic E-state index is 12.5. The summed E-state index contributed by atoms with van der Waals surface area (Å²) in [6.45, 7) is 0. The van der Waals surface area contributed by atoms with Crippen LogP contribution in [0, 0.1) is 11.3 Å². The highest BCUT2D eigenvalue weighted by Crippen LogP contribution is 2.35. The molecule has 0 fully saturated rings. The molecule has 0 spiro atoms. The summed E-state index contributed by atoms with van der Waals surface area (Å²) in [7, 11) is 1.62. The number of furan rings is 1. The average Bonchev–Trinajstić information content (AvgIpc) is 3.40. The topological polar surface area (TPSA) is 76.1 Å². The first-order chi connectivity index (χ1) is 16.2. The zero-order valence-electron chi connectivity index (χ0n) is 18.2. The second kappa shape index (κ2) is 10.7. The number of ketones is 1. The molecule has 2 aromatic heterocycles. The molecule has 164 valence electrons. The van der Waals surface area contributed by atoms with Gasteiger partial charge in [-0.15, -0.1) is 0 Å². The number of methoxy groups -OCH3 is 1. The molecule has 33 heavy (non-hydrogen) atoms. The molecule has 0 radical (unpaired) electrons. The van der Waals surface area contributed by atoms with Gasteiger partial charge in [-0.25, -0.2) is 4.98 Å². The average molecular weight is 455 g/mol. The minimum atomic E-state index is 0.0817. The second-order valence-electron chi connectivity index (χ2n) is 7.35. The summed E-state index contributed by atoms with van der Waals surface area (Å²) in [6, 6.07) is 25.3. The van der Waals surface area contributed by atoms with Crippen molar-refractivity contribution in [1.82, 2.24) is 4.98 Å². The van der Waals surface area contributed by atoms with Crippen molar-refractivity contribution in [2.24, 2.45) is 0 Å². The second-order valence-corrected chi connectivity index (χ2v) is 8.31. The van der Waals surface area contributed by atoms with Crippen LogP contribution in [0.3, 0.4) is 0 Å². The number of nitrogens with zero attached hydrogens (tertiary/aromatic N) is 2. The fourth-order valence-corrected chi connectivity index (χ4v) is 4.33. The Kier molecular flexibility index (Phi) is 7.23. The van der Waals surface area contributed by atoms with Crippen molar-refractivity contribution in [1.29, 1.82) is 5.26 Å². The van der Waals surface area contributed by atoms with Crippen LogP contribution in [0.1, 0.15) is 17.7 Å². The van der Waals surface area contributed by atoms with E-state index in [1.807, 2.05) is 72.8 Å². The van der Waals surface area contributed by atoms with Crippen molar-refractivity contribution in [3.05, 3.63) is 90.4 Å². The quantitative estimate of drug-likeness (QED) is 0.281. The Morgan fingerprint density at radius 2 is 1.85 bits per heavy atom. The Hall–Kier alpha value is -3.82. The zero-order chi connectivity index (χ0) is 23.0. The maximum Gasteiger partial charge on any atom is 0.143 e. The van der Waals surface area contributed by atoms with Gasteiger partial charge in [-0.3, -0.25) is 4.79 Å². The molecule has 0 unspecified atom stereocenters. The van der Waals surface area contributed by atoms with E-state index < -0.39 is 0 Å². The van der Waals surface area contributed by atoms with Crippen LogP contribution >= 0.6 is 11.8 Å². The molecule has 2 heterocycles. The van der Waals surface area contributed by atoms with Crippen LogP contribution in [0.25, 0.3) is 22.4 Å². The van der Waals surface area contributed by atoms with E-state index in [1.54, 1.807) is 13.4 Å². The van der Waals surface area contributed by atoms with E-state index in [1.165, 1.54) is 11.8 Å². The van der Waals surface area contributed by atoms with Gasteiger partial charge in [0.15, 0.2) is 0 Å². The zero-order valence-corrected chi connectivity index (χ0v) is 19.0. The first-order valence-electron chi connectivity index (χ1n) is 10.5. The number of ether oxygens (including phenoxy) is 1. The van der Waals surface area contributed by atoms with Gasteiger partial charge in [0.25, 0.3) is 0 Å². The number of pyridine rings is 1. The number of aromatic nitrogens is 1. The Morgan fingerprint density at radius 1 is 1.06 bits per heavy atom. The number of Topliss-reactive ketones (excluding diaryl/α,β-unsaturated/α-hetero) is 1. The number of benzene rings is 2. The van der Waals surface area contributed by atoms with Crippen molar-refractivity contribution in [2.75, 3.05) is 12.9 Å². The lowest BCUT2D eigenvalue weighted by molar-refractivity contribution is -0.116. The summed E-state index contributed by atoms with van der Waals surface area (Å²) in [5, 5.41) is 10.5. The first-order valence-corrected chi connectivity index (χ1v) is 11.5. The highest BCUT2D eigenvalue weighted by Gasteiger charge is 2.17. The summed E-state index contributed by atoms with van der Waals surface area (Å²) in [6.07, 6.45) is 2.55. The van der Waals surface area contributed by atoms with Crippen LogP contribution in [0.4, 0.5) is 0 Å². The summed E-state index contributed by atoms with van der Waals surface area (Å²) in [4.78, 5) is 17.3. The molecular weight excluding hydrogens is 432 g/mol. The molecule has 6 heteroatoms. The summed E-state index contributed by atoms with van der Waals surface area (Å²) >= 11 is 1.30. The molecule has 0 bridgehead atoms. The number of nitriles is 1. The van der Waals surface area contributed by atoms with Gasteiger partial charge in [0.2, 0.25) is 0 Å². The lowest BCUT2D eigenvalue weighted by atomic mass is 9.99. The molecule has 2 aromatic carbocycles. The minimum Gasteiger partial charge on any atom is -0.497 e. The molecule has 0 saturated heterocycles. The highest BCUT2D eigenvalue weighted by atomic mass is 32.2. The Balaban J connectivity index is 1.65. The van der Waals surface area contributed by atoms with Crippen LogP contribution in [-0.4, -0.2) is 23.6 Å². The standard InChI is InChI=1S/C27H22N2O3S/c1-31-22-12-9-19(10-13-22)24-16-26(20-6-3-2-4-7-20)29-27(25(24)17-28)33-18-21(30)11-14-23-8-5-15-32-23/h2-10,12-13,15-16H,11,14,18H2,1H3. The molecule has 0 aliphatic carbocycles. The number of aryl methyl sites for hydroxylation is 1. The van der Waals surface area contributed by atoms with Gasteiger partial charge in [-0.05, 0) is 35.9 Å².